The van der Waals surface area contributed by atoms with Crippen LogP contribution < -0.4 is 16.1 Å². The minimum atomic E-state index is -0.302. The highest BCUT2D eigenvalue weighted by Gasteiger charge is 2.40. The number of anilines is 1. The van der Waals surface area contributed by atoms with Crippen LogP contribution >= 0.6 is 0 Å². The Kier molecular flexibility index (Phi) is 5.30. The third-order valence-corrected chi connectivity index (χ3v) is 7.41. The van der Waals surface area contributed by atoms with Crippen molar-refractivity contribution in [2.45, 2.75) is 31.6 Å². The van der Waals surface area contributed by atoms with Gasteiger partial charge in [-0.15, -0.1) is 0 Å². The van der Waals surface area contributed by atoms with Crippen LogP contribution in [0.2, 0.25) is 0 Å². The Bertz CT molecular complexity index is 1250. The smallest absolute Gasteiger partial charge is 0.316 e. The van der Waals surface area contributed by atoms with Crippen LogP contribution in [0.3, 0.4) is 0 Å². The van der Waals surface area contributed by atoms with Crippen molar-refractivity contribution in [3.8, 4) is 0 Å². The fraction of sp³-hybridized carbons (Fsp3) is 0.346. The monoisotopic (exact) mass is 455 g/mol. The van der Waals surface area contributed by atoms with E-state index >= 15 is 0 Å². The fourth-order valence-electron chi connectivity index (χ4n) is 5.36. The molecule has 2 aromatic heterocycles. The Morgan fingerprint density at radius 2 is 1.94 bits per heavy atom. The highest BCUT2D eigenvalue weighted by atomic mass is 16.2. The van der Waals surface area contributed by atoms with E-state index in [9.17, 15) is 4.79 Å². The third-order valence-electron chi connectivity index (χ3n) is 7.41. The number of allylic oxidation sites excluding steroid dienone is 1. The molecule has 0 atom stereocenters. The number of aromatic nitrogens is 2. The van der Waals surface area contributed by atoms with E-state index in [2.05, 4.69) is 32.2 Å². The Balaban J connectivity index is 1.18. The minimum absolute atomic E-state index is 0.302. The van der Waals surface area contributed by atoms with Crippen LogP contribution in [0, 0.1) is 5.41 Å². The van der Waals surface area contributed by atoms with Gasteiger partial charge in [0.15, 0.2) is 0 Å². The number of para-hydroxylation sites is 1. The van der Waals surface area contributed by atoms with Gasteiger partial charge in [0.2, 0.25) is 0 Å². The molecule has 3 aromatic rings. The predicted octanol–water partition coefficient (Wildman–Crippen LogP) is 4.00. The summed E-state index contributed by atoms with van der Waals surface area (Å²) in [4.78, 5) is 16.8. The van der Waals surface area contributed by atoms with Crippen LogP contribution in [0.5, 0.6) is 0 Å². The Hall–Kier alpha value is -3.65. The molecule has 1 spiro atoms. The molecule has 3 aliphatic rings. The molecule has 2 amide bonds. The molecule has 8 nitrogen and oxygen atoms in total. The number of amides is 2. The minimum Gasteiger partial charge on any atom is -0.316 e. The van der Waals surface area contributed by atoms with Crippen molar-refractivity contribution in [2.24, 2.45) is 10.4 Å². The topological polar surface area (TPSA) is 86.1 Å². The number of fused-ring (bicyclic) bond motifs is 1. The van der Waals surface area contributed by atoms with Crippen molar-refractivity contribution in [2.75, 3.05) is 25.1 Å². The van der Waals surface area contributed by atoms with Gasteiger partial charge >= 0.3 is 6.03 Å². The molecule has 0 radical (unpaired) electrons. The lowest BCUT2D eigenvalue weighted by Gasteiger charge is -2.47. The Labute approximate surface area is 198 Å². The normalized spacial score (nSPS) is 19.6. The van der Waals surface area contributed by atoms with Crippen molar-refractivity contribution in [3.63, 3.8) is 0 Å². The quantitative estimate of drug-likeness (QED) is 0.555. The molecule has 0 bridgehead atoms. The lowest BCUT2D eigenvalue weighted by molar-refractivity contribution is 0.0977. The largest absolute Gasteiger partial charge is 0.338 e. The van der Waals surface area contributed by atoms with E-state index in [4.69, 9.17) is 0 Å². The second kappa shape index (κ2) is 8.61. The average Bonchev–Trinajstić information content (AvgIpc) is 3.27. The van der Waals surface area contributed by atoms with Gasteiger partial charge in [-0.3, -0.25) is 10.0 Å². The molecule has 3 N–H and O–H groups in total. The number of carbonyl (C=O) groups excluding carboxylic acids is 1. The Morgan fingerprint density at radius 3 is 2.71 bits per heavy atom. The number of urea groups is 1. The molecule has 1 aromatic carbocycles. The number of rotatable bonds is 4. The van der Waals surface area contributed by atoms with E-state index in [1.807, 2.05) is 65.7 Å². The third kappa shape index (κ3) is 4.05. The van der Waals surface area contributed by atoms with E-state index in [1.54, 1.807) is 5.01 Å². The van der Waals surface area contributed by atoms with E-state index in [0.717, 1.165) is 22.3 Å². The molecular formula is C26H29N7O. The molecule has 2 aliphatic heterocycles. The number of nitrogens with one attached hydrogen (secondary N) is 3. The summed E-state index contributed by atoms with van der Waals surface area (Å²) in [5.41, 5.74) is 8.65. The maximum absolute atomic E-state index is 12.4. The molecule has 34 heavy (non-hydrogen) atoms. The summed E-state index contributed by atoms with van der Waals surface area (Å²) in [5, 5.41) is 12.6. The van der Waals surface area contributed by atoms with Crippen molar-refractivity contribution >= 4 is 29.0 Å². The highest BCUT2D eigenvalue weighted by Crippen LogP contribution is 2.45. The lowest BCUT2D eigenvalue weighted by Crippen LogP contribution is -2.54. The number of hydrogen-bond acceptors (Lipinski definition) is 5. The number of carbonyl (C=O) groups is 1. The van der Waals surface area contributed by atoms with Crippen molar-refractivity contribution in [1.29, 1.82) is 0 Å². The van der Waals surface area contributed by atoms with Crippen LogP contribution in [-0.4, -0.2) is 46.6 Å². The van der Waals surface area contributed by atoms with Crippen molar-refractivity contribution in [1.82, 2.24) is 25.4 Å². The fourth-order valence-corrected chi connectivity index (χ4v) is 5.36. The Morgan fingerprint density at radius 1 is 1.12 bits per heavy atom. The van der Waals surface area contributed by atoms with Gasteiger partial charge in [0.05, 0.1) is 11.7 Å². The number of benzene rings is 1. The van der Waals surface area contributed by atoms with Crippen molar-refractivity contribution < 1.29 is 4.79 Å². The number of pyridine rings is 1. The van der Waals surface area contributed by atoms with E-state index in [1.165, 1.54) is 44.3 Å². The standard InChI is InChI=1S/C26H29N7O/c34-25(30-22-4-2-1-3-5-22)31-32-15-21(13-27-18-32)20-8-11-33-24(12-20)23(14-29-33)19-6-9-26(10-7-19)16-28-17-26/h1-5,8,11-15,19,28H,6-7,9-10,16-18H2,(H2,30,31,34). The van der Waals surface area contributed by atoms with Gasteiger partial charge in [-0.2, -0.15) is 5.10 Å². The molecule has 2 fully saturated rings. The van der Waals surface area contributed by atoms with Gasteiger partial charge in [-0.1, -0.05) is 18.2 Å². The first-order chi connectivity index (χ1) is 16.7. The lowest BCUT2D eigenvalue weighted by atomic mass is 9.66. The maximum atomic E-state index is 12.4. The summed E-state index contributed by atoms with van der Waals surface area (Å²) in [5.74, 6) is 0.563. The van der Waals surface area contributed by atoms with Gasteiger partial charge < -0.3 is 10.6 Å². The van der Waals surface area contributed by atoms with Crippen LogP contribution in [0.15, 0.2) is 66.1 Å². The van der Waals surface area contributed by atoms with Crippen LogP contribution in [-0.2, 0) is 0 Å². The van der Waals surface area contributed by atoms with Crippen LogP contribution in [0.25, 0.3) is 11.1 Å². The molecular weight excluding hydrogens is 426 g/mol. The highest BCUT2D eigenvalue weighted by molar-refractivity contribution is 6.10. The molecule has 4 heterocycles. The second-order valence-corrected chi connectivity index (χ2v) is 9.66. The molecule has 1 saturated heterocycles. The maximum Gasteiger partial charge on any atom is 0.338 e. The first-order valence-electron chi connectivity index (χ1n) is 12.0. The van der Waals surface area contributed by atoms with Gasteiger partial charge in [0.25, 0.3) is 0 Å². The first-order valence-corrected chi connectivity index (χ1v) is 12.0. The SMILES string of the molecule is O=C(Nc1ccccc1)NN1C=C(c2ccn3ncc(C4CCC5(CC4)CNC5)c3c2)C=NC1. The summed E-state index contributed by atoms with van der Waals surface area (Å²) < 4.78 is 1.97. The van der Waals surface area contributed by atoms with Crippen LogP contribution in [0.1, 0.15) is 42.7 Å². The van der Waals surface area contributed by atoms with Gasteiger partial charge in [0.1, 0.15) is 6.67 Å². The summed E-state index contributed by atoms with van der Waals surface area (Å²) in [6.45, 7) is 2.73. The zero-order valence-corrected chi connectivity index (χ0v) is 19.1. The molecule has 1 saturated carbocycles. The van der Waals surface area contributed by atoms with Crippen LogP contribution in [0.4, 0.5) is 10.5 Å². The summed E-state index contributed by atoms with van der Waals surface area (Å²) >= 11 is 0. The van der Waals surface area contributed by atoms with Gasteiger partial charge in [-0.25, -0.2) is 14.7 Å². The van der Waals surface area contributed by atoms with E-state index in [0.29, 0.717) is 18.0 Å². The number of nitrogens with zero attached hydrogens (tertiary/aromatic N) is 4. The van der Waals surface area contributed by atoms with E-state index in [-0.39, 0.29) is 6.03 Å². The molecule has 6 rings (SSSR count). The molecule has 174 valence electrons. The summed E-state index contributed by atoms with van der Waals surface area (Å²) in [7, 11) is 0. The predicted molar refractivity (Wildman–Crippen MR) is 133 cm³/mol. The number of hydrazine groups is 1. The number of aliphatic imine (C=N–C) groups is 1. The van der Waals surface area contributed by atoms with Gasteiger partial charge in [-0.05, 0) is 66.8 Å². The number of hydrogen-bond donors (Lipinski definition) is 3. The summed E-state index contributed by atoms with van der Waals surface area (Å²) in [6.07, 6.45) is 12.9. The van der Waals surface area contributed by atoms with E-state index < -0.39 is 0 Å². The average molecular weight is 456 g/mol. The van der Waals surface area contributed by atoms with Gasteiger partial charge in [0, 0.05) is 48.5 Å². The second-order valence-electron chi connectivity index (χ2n) is 9.66. The zero-order chi connectivity index (χ0) is 23.0. The molecule has 1 aliphatic carbocycles. The van der Waals surface area contributed by atoms with Crippen molar-refractivity contribution in [3.05, 3.63) is 72.2 Å². The molecule has 8 heteroatoms. The zero-order valence-electron chi connectivity index (χ0n) is 19.1. The molecule has 0 unspecified atom stereocenters. The summed E-state index contributed by atoms with van der Waals surface area (Å²) in [6, 6.07) is 13.3. The first kappa shape index (κ1) is 20.9.